The van der Waals surface area contributed by atoms with Crippen LogP contribution in [0, 0.1) is 12.8 Å². The number of rotatable bonds is 3. The normalized spacial score (nSPS) is 15.2. The molecule has 0 unspecified atom stereocenters. The van der Waals surface area contributed by atoms with E-state index >= 15 is 0 Å². The van der Waals surface area contributed by atoms with Crippen molar-refractivity contribution in [3.63, 3.8) is 0 Å². The highest BCUT2D eigenvalue weighted by molar-refractivity contribution is 7.80. The summed E-state index contributed by atoms with van der Waals surface area (Å²) in [5.74, 6) is 0.228. The highest BCUT2D eigenvalue weighted by atomic mass is 32.1. The van der Waals surface area contributed by atoms with Crippen molar-refractivity contribution in [3.05, 3.63) is 23.8 Å². The zero-order valence-corrected chi connectivity index (χ0v) is 11.8. The Morgan fingerprint density at radius 3 is 2.58 bits per heavy atom. The smallest absolute Gasteiger partial charge is 0.227 e. The molecular formula is C14H19N3OS. The summed E-state index contributed by atoms with van der Waals surface area (Å²) in [5.41, 5.74) is 8.07. The molecule has 0 atom stereocenters. The molecule has 4 nitrogen and oxygen atoms in total. The number of nitrogens with one attached hydrogen (secondary N) is 2. The van der Waals surface area contributed by atoms with Gasteiger partial charge in [-0.05, 0) is 49.7 Å². The van der Waals surface area contributed by atoms with Crippen LogP contribution in [0.4, 0.5) is 11.4 Å². The number of anilines is 2. The number of carbonyl (C=O) groups is 1. The summed E-state index contributed by atoms with van der Waals surface area (Å²) >= 11 is 4.86. The van der Waals surface area contributed by atoms with E-state index in [0.717, 1.165) is 42.6 Å². The zero-order chi connectivity index (χ0) is 13.8. The highest BCUT2D eigenvalue weighted by Gasteiger charge is 2.23. The van der Waals surface area contributed by atoms with E-state index in [9.17, 15) is 4.79 Å². The van der Waals surface area contributed by atoms with Crippen molar-refractivity contribution in [1.29, 1.82) is 0 Å². The molecule has 1 aliphatic carbocycles. The summed E-state index contributed by atoms with van der Waals surface area (Å²) in [4.78, 5) is 12.1. The van der Waals surface area contributed by atoms with Crippen LogP contribution in [0.2, 0.25) is 0 Å². The van der Waals surface area contributed by atoms with Crippen molar-refractivity contribution in [1.82, 2.24) is 0 Å². The first-order valence-electron chi connectivity index (χ1n) is 6.54. The Labute approximate surface area is 118 Å². The third kappa shape index (κ3) is 3.67. The number of aryl methyl sites for hydroxylation is 1. The second kappa shape index (κ2) is 6.02. The first-order chi connectivity index (χ1) is 9.06. The number of amides is 1. The zero-order valence-electron chi connectivity index (χ0n) is 11.0. The summed E-state index contributed by atoms with van der Waals surface area (Å²) in [6.07, 6.45) is 4.25. The lowest BCUT2D eigenvalue weighted by Crippen LogP contribution is -2.23. The maximum Gasteiger partial charge on any atom is 0.227 e. The Hall–Kier alpha value is -1.62. The molecule has 2 rings (SSSR count). The number of benzene rings is 1. The molecule has 1 saturated carbocycles. The molecule has 102 valence electrons. The first-order valence-corrected chi connectivity index (χ1v) is 6.95. The van der Waals surface area contributed by atoms with Gasteiger partial charge in [0.05, 0.1) is 11.4 Å². The fourth-order valence-corrected chi connectivity index (χ4v) is 2.54. The van der Waals surface area contributed by atoms with Gasteiger partial charge in [0.1, 0.15) is 0 Å². The lowest BCUT2D eigenvalue weighted by atomic mass is 10.1. The number of hydrogen-bond acceptors (Lipinski definition) is 2. The van der Waals surface area contributed by atoms with Crippen molar-refractivity contribution in [2.24, 2.45) is 11.7 Å². The van der Waals surface area contributed by atoms with Gasteiger partial charge in [-0.3, -0.25) is 4.79 Å². The summed E-state index contributed by atoms with van der Waals surface area (Å²) in [5, 5.41) is 6.07. The topological polar surface area (TPSA) is 67.2 Å². The lowest BCUT2D eigenvalue weighted by Gasteiger charge is -2.15. The molecule has 0 heterocycles. The highest BCUT2D eigenvalue weighted by Crippen LogP contribution is 2.28. The second-order valence-corrected chi connectivity index (χ2v) is 5.45. The molecule has 1 aliphatic rings. The number of carbonyl (C=O) groups excluding carboxylic acids is 1. The quantitative estimate of drug-likeness (QED) is 0.743. The van der Waals surface area contributed by atoms with E-state index in [1.54, 1.807) is 0 Å². The average Bonchev–Trinajstić information content (AvgIpc) is 2.85. The molecule has 5 heteroatoms. The predicted octanol–water partition coefficient (Wildman–Crippen LogP) is 2.78. The van der Waals surface area contributed by atoms with E-state index in [1.807, 2.05) is 25.1 Å². The van der Waals surface area contributed by atoms with Gasteiger partial charge in [0.15, 0.2) is 5.11 Å². The van der Waals surface area contributed by atoms with Crippen LogP contribution in [0.25, 0.3) is 0 Å². The van der Waals surface area contributed by atoms with Crippen LogP contribution in [0.3, 0.4) is 0 Å². The van der Waals surface area contributed by atoms with Crippen LogP contribution in [0.5, 0.6) is 0 Å². The standard InChI is InChI=1S/C14H19N3OS/c1-9-6-7-11(12(8-9)17-14(15)19)16-13(18)10-4-2-3-5-10/h6-8,10H,2-5H2,1H3,(H,16,18)(H3,15,17,19). The molecule has 0 aliphatic heterocycles. The number of nitrogens with two attached hydrogens (primary N) is 1. The second-order valence-electron chi connectivity index (χ2n) is 5.01. The molecular weight excluding hydrogens is 258 g/mol. The molecule has 1 aromatic carbocycles. The Kier molecular flexibility index (Phi) is 4.37. The van der Waals surface area contributed by atoms with Gasteiger partial charge in [0.25, 0.3) is 0 Å². The van der Waals surface area contributed by atoms with Gasteiger partial charge in [-0.1, -0.05) is 18.9 Å². The maximum atomic E-state index is 12.1. The molecule has 1 fully saturated rings. The Balaban J connectivity index is 2.14. The van der Waals surface area contributed by atoms with Gasteiger partial charge in [0.2, 0.25) is 5.91 Å². The van der Waals surface area contributed by atoms with Crippen molar-refractivity contribution in [2.45, 2.75) is 32.6 Å². The average molecular weight is 277 g/mol. The van der Waals surface area contributed by atoms with Crippen LogP contribution >= 0.6 is 12.2 Å². The van der Waals surface area contributed by atoms with Crippen molar-refractivity contribution in [2.75, 3.05) is 10.6 Å². The van der Waals surface area contributed by atoms with E-state index in [1.165, 1.54) is 0 Å². The first kappa shape index (κ1) is 13.8. The van der Waals surface area contributed by atoms with E-state index in [-0.39, 0.29) is 16.9 Å². The molecule has 0 spiro atoms. The molecule has 0 saturated heterocycles. The summed E-state index contributed by atoms with van der Waals surface area (Å²) in [6.45, 7) is 1.98. The minimum atomic E-state index is 0.0901. The van der Waals surface area contributed by atoms with Crippen LogP contribution < -0.4 is 16.4 Å². The minimum absolute atomic E-state index is 0.0901. The monoisotopic (exact) mass is 277 g/mol. The molecule has 1 aromatic rings. The van der Waals surface area contributed by atoms with Crippen LogP contribution in [0.15, 0.2) is 18.2 Å². The van der Waals surface area contributed by atoms with Crippen LogP contribution in [0.1, 0.15) is 31.2 Å². The fraction of sp³-hybridized carbons (Fsp3) is 0.429. The van der Waals surface area contributed by atoms with Gasteiger partial charge in [0, 0.05) is 5.92 Å². The minimum Gasteiger partial charge on any atom is -0.376 e. The van der Waals surface area contributed by atoms with Crippen molar-refractivity contribution in [3.8, 4) is 0 Å². The van der Waals surface area contributed by atoms with E-state index in [4.69, 9.17) is 18.0 Å². The summed E-state index contributed by atoms with van der Waals surface area (Å²) in [6, 6.07) is 5.75. The van der Waals surface area contributed by atoms with Crippen molar-refractivity contribution >= 4 is 34.6 Å². The number of thiocarbonyl (C=S) groups is 1. The Morgan fingerprint density at radius 2 is 1.95 bits per heavy atom. The SMILES string of the molecule is Cc1ccc(NC(=O)C2CCCC2)c(NC(N)=S)c1. The third-order valence-corrected chi connectivity index (χ3v) is 3.52. The Morgan fingerprint density at radius 1 is 1.26 bits per heavy atom. The lowest BCUT2D eigenvalue weighted by molar-refractivity contribution is -0.119. The van der Waals surface area contributed by atoms with Gasteiger partial charge in [-0.15, -0.1) is 0 Å². The third-order valence-electron chi connectivity index (χ3n) is 3.42. The molecule has 0 radical (unpaired) electrons. The molecule has 4 N–H and O–H groups in total. The molecule has 19 heavy (non-hydrogen) atoms. The maximum absolute atomic E-state index is 12.1. The molecule has 0 bridgehead atoms. The van der Waals surface area contributed by atoms with Gasteiger partial charge in [-0.2, -0.15) is 0 Å². The van der Waals surface area contributed by atoms with Crippen LogP contribution in [-0.2, 0) is 4.79 Å². The molecule has 1 amide bonds. The van der Waals surface area contributed by atoms with E-state index < -0.39 is 0 Å². The van der Waals surface area contributed by atoms with Gasteiger partial charge in [-0.25, -0.2) is 0 Å². The number of hydrogen-bond donors (Lipinski definition) is 3. The Bertz CT molecular complexity index is 495. The largest absolute Gasteiger partial charge is 0.376 e. The molecule has 0 aromatic heterocycles. The van der Waals surface area contributed by atoms with Crippen LogP contribution in [-0.4, -0.2) is 11.0 Å². The van der Waals surface area contributed by atoms with Gasteiger partial charge >= 0.3 is 0 Å². The van der Waals surface area contributed by atoms with E-state index in [0.29, 0.717) is 0 Å². The summed E-state index contributed by atoms with van der Waals surface area (Å²) in [7, 11) is 0. The summed E-state index contributed by atoms with van der Waals surface area (Å²) < 4.78 is 0. The van der Waals surface area contributed by atoms with Gasteiger partial charge < -0.3 is 16.4 Å². The predicted molar refractivity (Wildman–Crippen MR) is 82.2 cm³/mol. The van der Waals surface area contributed by atoms with Crippen molar-refractivity contribution < 1.29 is 4.79 Å². The van der Waals surface area contributed by atoms with E-state index in [2.05, 4.69) is 10.6 Å². The fourth-order valence-electron chi connectivity index (χ4n) is 2.43.